The normalized spacial score (nSPS) is 15.2. The molecule has 0 bridgehead atoms. The lowest BCUT2D eigenvalue weighted by molar-refractivity contribution is -0.159. The van der Waals surface area contributed by atoms with Gasteiger partial charge in [-0.15, -0.1) is 0 Å². The topological polar surface area (TPSA) is 68.5 Å². The molecule has 3 aromatic rings. The highest BCUT2D eigenvalue weighted by molar-refractivity contribution is 6.08. The van der Waals surface area contributed by atoms with Crippen molar-refractivity contribution in [1.82, 2.24) is 4.57 Å². The molecule has 1 aliphatic carbocycles. The Morgan fingerprint density at radius 3 is 2.51 bits per heavy atom. The van der Waals surface area contributed by atoms with Crippen LogP contribution in [0.2, 0.25) is 0 Å². The van der Waals surface area contributed by atoms with Crippen LogP contribution >= 0.6 is 0 Å². The number of allylic oxidation sites excluding steroid dienone is 1. The molecule has 0 radical (unpaired) electrons. The van der Waals surface area contributed by atoms with Gasteiger partial charge in [0.05, 0.1) is 16.9 Å². The summed E-state index contributed by atoms with van der Waals surface area (Å²) in [6, 6.07) is 15.3. The number of carboxylic acids is 1. The van der Waals surface area contributed by atoms with Gasteiger partial charge < -0.3 is 14.4 Å². The van der Waals surface area contributed by atoms with Gasteiger partial charge >= 0.3 is 12.1 Å². The van der Waals surface area contributed by atoms with Crippen LogP contribution < -0.4 is 0 Å². The first-order valence-electron chi connectivity index (χ1n) is 11.2. The fraction of sp³-hybridized carbons (Fsp3) is 0.259. The van der Waals surface area contributed by atoms with Crippen LogP contribution in [0.15, 0.2) is 72.9 Å². The number of hydrogen-bond acceptors (Lipinski definition) is 3. The molecule has 182 valence electrons. The lowest BCUT2D eigenvalue weighted by atomic mass is 9.74. The van der Waals surface area contributed by atoms with Crippen molar-refractivity contribution in [3.05, 3.63) is 101 Å². The minimum atomic E-state index is -4.52. The summed E-state index contributed by atoms with van der Waals surface area (Å²) in [5.41, 5.74) is 0.645. The second-order valence-electron chi connectivity index (χ2n) is 8.51. The molecule has 35 heavy (non-hydrogen) atoms. The Kier molecular flexibility index (Phi) is 6.93. The van der Waals surface area contributed by atoms with Gasteiger partial charge in [-0.3, -0.25) is 4.79 Å². The zero-order valence-corrected chi connectivity index (χ0v) is 18.8. The van der Waals surface area contributed by atoms with Crippen LogP contribution in [-0.2, 0) is 27.9 Å². The molecule has 0 amide bonds. The molecule has 5 nitrogen and oxygen atoms in total. The summed E-state index contributed by atoms with van der Waals surface area (Å²) >= 11 is 0. The standard InChI is InChI=1S/C27H24F3NO4/c28-27(29,30)22-10-2-8-20(17-22)25(34)23-11-4-15-31(23)14-3-7-19-6-1-9-21(16-19)26(12-5-13-26)35-18-24(32)33/h1-4,6-11,15-17H,5,12-14,18H2,(H,32,33)/b7-3+. The van der Waals surface area contributed by atoms with E-state index in [0.29, 0.717) is 12.2 Å². The summed E-state index contributed by atoms with van der Waals surface area (Å²) in [6.07, 6.45) is 3.40. The number of carboxylic acid groups (broad SMARTS) is 1. The van der Waals surface area contributed by atoms with E-state index in [1.807, 2.05) is 36.4 Å². The predicted molar refractivity (Wildman–Crippen MR) is 124 cm³/mol. The molecule has 0 spiro atoms. The number of aromatic nitrogens is 1. The van der Waals surface area contributed by atoms with Gasteiger partial charge in [0.1, 0.15) is 6.61 Å². The van der Waals surface area contributed by atoms with E-state index in [4.69, 9.17) is 9.84 Å². The lowest BCUT2D eigenvalue weighted by Gasteiger charge is -2.41. The van der Waals surface area contributed by atoms with Gasteiger partial charge in [0.15, 0.2) is 0 Å². The number of ketones is 1. The van der Waals surface area contributed by atoms with E-state index in [9.17, 15) is 22.8 Å². The van der Waals surface area contributed by atoms with E-state index in [-0.39, 0.29) is 12.2 Å². The van der Waals surface area contributed by atoms with Crippen molar-refractivity contribution in [1.29, 1.82) is 0 Å². The molecule has 0 saturated heterocycles. The van der Waals surface area contributed by atoms with Gasteiger partial charge in [-0.2, -0.15) is 13.2 Å². The maximum Gasteiger partial charge on any atom is 0.416 e. The van der Waals surface area contributed by atoms with Gasteiger partial charge in [0.2, 0.25) is 5.78 Å². The second-order valence-corrected chi connectivity index (χ2v) is 8.51. The number of carbonyl (C=O) groups excluding carboxylic acids is 1. The molecule has 8 heteroatoms. The minimum absolute atomic E-state index is 0.0244. The molecule has 1 aromatic heterocycles. The molecule has 2 aromatic carbocycles. The molecule has 0 aliphatic heterocycles. The third kappa shape index (κ3) is 5.54. The molecule has 0 atom stereocenters. The largest absolute Gasteiger partial charge is 0.480 e. The van der Waals surface area contributed by atoms with Crippen molar-refractivity contribution in [3.63, 3.8) is 0 Å². The molecule has 1 fully saturated rings. The first-order valence-corrected chi connectivity index (χ1v) is 11.2. The number of nitrogens with zero attached hydrogens (tertiary/aromatic N) is 1. The summed E-state index contributed by atoms with van der Waals surface area (Å²) in [6.45, 7) is -0.00566. The molecule has 1 N–H and O–H groups in total. The zero-order chi connectivity index (χ0) is 25.1. The molecular formula is C27H24F3NO4. The fourth-order valence-corrected chi connectivity index (χ4v) is 4.21. The van der Waals surface area contributed by atoms with Gasteiger partial charge in [-0.05, 0) is 60.7 Å². The monoisotopic (exact) mass is 483 g/mol. The highest BCUT2D eigenvalue weighted by Gasteiger charge is 2.40. The third-order valence-electron chi connectivity index (χ3n) is 6.17. The number of ether oxygens (including phenoxy) is 1. The quantitative estimate of drug-likeness (QED) is 0.383. The van der Waals surface area contributed by atoms with E-state index in [0.717, 1.165) is 42.5 Å². The van der Waals surface area contributed by atoms with Crippen LogP contribution in [0.3, 0.4) is 0 Å². The first kappa shape index (κ1) is 24.5. The van der Waals surface area contributed by atoms with E-state index >= 15 is 0 Å². The highest BCUT2D eigenvalue weighted by atomic mass is 19.4. The number of alkyl halides is 3. The Balaban J connectivity index is 1.48. The summed E-state index contributed by atoms with van der Waals surface area (Å²) in [5, 5.41) is 8.98. The van der Waals surface area contributed by atoms with Gasteiger partial charge in [0, 0.05) is 18.3 Å². The zero-order valence-electron chi connectivity index (χ0n) is 18.8. The van der Waals surface area contributed by atoms with Crippen molar-refractivity contribution < 1.29 is 32.6 Å². The van der Waals surface area contributed by atoms with E-state index in [2.05, 4.69) is 0 Å². The van der Waals surface area contributed by atoms with Crippen LogP contribution in [0.4, 0.5) is 13.2 Å². The summed E-state index contributed by atoms with van der Waals surface area (Å²) in [5.74, 6) is -1.49. The SMILES string of the molecule is O=C(O)COC1(c2cccc(/C=C/Cn3cccc3C(=O)c3cccc(C(F)(F)F)c3)c2)CCC1. The maximum atomic E-state index is 13.0. The Labute approximate surface area is 200 Å². The smallest absolute Gasteiger partial charge is 0.416 e. The van der Waals surface area contributed by atoms with Crippen molar-refractivity contribution >= 4 is 17.8 Å². The molecule has 0 unspecified atom stereocenters. The molecule has 1 aliphatic rings. The average molecular weight is 483 g/mol. The van der Waals surface area contributed by atoms with Crippen LogP contribution in [0, 0.1) is 0 Å². The minimum Gasteiger partial charge on any atom is -0.480 e. The highest BCUT2D eigenvalue weighted by Crippen LogP contribution is 2.45. The first-order chi connectivity index (χ1) is 16.7. The number of halogens is 3. The Hall–Kier alpha value is -3.65. The lowest BCUT2D eigenvalue weighted by Crippen LogP contribution is -2.38. The second kappa shape index (κ2) is 9.92. The van der Waals surface area contributed by atoms with Crippen LogP contribution in [0.25, 0.3) is 6.08 Å². The summed E-state index contributed by atoms with van der Waals surface area (Å²) in [4.78, 5) is 23.8. The predicted octanol–water partition coefficient (Wildman–Crippen LogP) is 5.93. The summed E-state index contributed by atoms with van der Waals surface area (Å²) in [7, 11) is 0. The molecule has 1 saturated carbocycles. The molecule has 4 rings (SSSR count). The van der Waals surface area contributed by atoms with Crippen molar-refractivity contribution in [2.24, 2.45) is 0 Å². The Bertz CT molecular complexity index is 1260. The number of aliphatic carboxylic acids is 1. The van der Waals surface area contributed by atoms with Crippen molar-refractivity contribution in [3.8, 4) is 0 Å². The van der Waals surface area contributed by atoms with E-state index in [1.54, 1.807) is 22.9 Å². The summed E-state index contributed by atoms with van der Waals surface area (Å²) < 4.78 is 46.5. The van der Waals surface area contributed by atoms with Gasteiger partial charge in [0.25, 0.3) is 0 Å². The number of benzene rings is 2. The van der Waals surface area contributed by atoms with Crippen molar-refractivity contribution in [2.45, 2.75) is 37.6 Å². The Morgan fingerprint density at radius 1 is 1.06 bits per heavy atom. The van der Waals surface area contributed by atoms with Crippen molar-refractivity contribution in [2.75, 3.05) is 6.61 Å². The van der Waals surface area contributed by atoms with Gasteiger partial charge in [-0.25, -0.2) is 4.79 Å². The number of hydrogen-bond donors (Lipinski definition) is 1. The fourth-order valence-electron chi connectivity index (χ4n) is 4.21. The van der Waals surface area contributed by atoms with Crippen LogP contribution in [-0.4, -0.2) is 28.0 Å². The average Bonchev–Trinajstić information content (AvgIpc) is 3.26. The number of carbonyl (C=O) groups is 2. The van der Waals surface area contributed by atoms with Crippen LogP contribution in [0.1, 0.15) is 52.0 Å². The molecular weight excluding hydrogens is 459 g/mol. The molecule has 1 heterocycles. The Morgan fingerprint density at radius 2 is 1.83 bits per heavy atom. The van der Waals surface area contributed by atoms with Gasteiger partial charge in [-0.1, -0.05) is 42.5 Å². The van der Waals surface area contributed by atoms with E-state index in [1.165, 1.54) is 12.1 Å². The van der Waals surface area contributed by atoms with Crippen LogP contribution in [0.5, 0.6) is 0 Å². The number of rotatable bonds is 9. The van der Waals surface area contributed by atoms with E-state index < -0.39 is 29.1 Å². The maximum absolute atomic E-state index is 13.0. The third-order valence-corrected chi connectivity index (χ3v) is 6.17.